The Morgan fingerprint density at radius 2 is 1.50 bits per heavy atom. The maximum absolute atomic E-state index is 8.06. The standard InChI is InChI=1S/CH5N.HOP/c2*1-2/h2H2,1H3;2H. The van der Waals surface area contributed by atoms with Gasteiger partial charge in [0.05, 0.1) is 0 Å². The molecule has 2 nitrogen and oxygen atoms in total. The van der Waals surface area contributed by atoms with Gasteiger partial charge >= 0.3 is 0 Å². The number of hydrogen-bond acceptors (Lipinski definition) is 2. The average Bonchev–Trinajstić information content (AvgIpc) is 1.50. The lowest BCUT2D eigenvalue weighted by Crippen LogP contribution is -1.69. The first-order valence-electron chi connectivity index (χ1n) is 0.781. The van der Waals surface area contributed by atoms with E-state index in [9.17, 15) is 0 Å². The molecule has 0 amide bonds. The van der Waals surface area contributed by atoms with Crippen molar-refractivity contribution in [2.45, 2.75) is 0 Å². The number of hydrogen-bond donors (Lipinski definition) is 1. The molecule has 0 aromatic heterocycles. The van der Waals surface area contributed by atoms with Crippen LogP contribution in [-0.4, -0.2) is 7.05 Å². The van der Waals surface area contributed by atoms with Crippen LogP contribution in [0.1, 0.15) is 0 Å². The molecule has 0 aromatic carbocycles. The second-order valence-corrected chi connectivity index (χ2v) is 0. The van der Waals surface area contributed by atoms with Gasteiger partial charge in [-0.2, -0.15) is 0 Å². The second-order valence-electron chi connectivity index (χ2n) is 0. The highest BCUT2D eigenvalue weighted by atomic mass is 31.0. The van der Waals surface area contributed by atoms with Crippen molar-refractivity contribution in [3.8, 4) is 0 Å². The monoisotopic (exact) mass is 79.0 g/mol. The second kappa shape index (κ2) is 3610. The summed E-state index contributed by atoms with van der Waals surface area (Å²) in [7, 11) is 3.22. The topological polar surface area (TPSA) is 43.1 Å². The zero-order valence-electron chi connectivity index (χ0n) is 2.49. The quantitative estimate of drug-likeness (QED) is 0.417. The van der Waals surface area contributed by atoms with Gasteiger partial charge < -0.3 is 5.73 Å². The third-order valence-corrected chi connectivity index (χ3v) is 0. The summed E-state index contributed by atoms with van der Waals surface area (Å²) in [4.78, 5) is 0. The fourth-order valence-corrected chi connectivity index (χ4v) is 0. The van der Waals surface area contributed by atoms with Crippen LogP contribution in [0.5, 0.6) is 0 Å². The molecule has 2 N–H and O–H groups in total. The number of nitrogens with two attached hydrogens (primary N) is 1. The minimum absolute atomic E-state index is 1.50. The normalized spacial score (nSPS) is 2.50. The third-order valence-electron chi connectivity index (χ3n) is 0. The summed E-state index contributed by atoms with van der Waals surface area (Å²) < 4.78 is 8.06. The molecule has 0 atom stereocenters. The molecule has 4 heavy (non-hydrogen) atoms. The molecule has 0 rings (SSSR count). The van der Waals surface area contributed by atoms with E-state index < -0.39 is 0 Å². The molecule has 0 aliphatic heterocycles. The molecule has 0 saturated heterocycles. The summed E-state index contributed by atoms with van der Waals surface area (Å²) in [5, 5.41) is 0. The van der Waals surface area contributed by atoms with Crippen molar-refractivity contribution in [2.24, 2.45) is 5.73 Å². The lowest BCUT2D eigenvalue weighted by atomic mass is 11.6. The van der Waals surface area contributed by atoms with E-state index in [0.717, 1.165) is 0 Å². The van der Waals surface area contributed by atoms with E-state index in [1.807, 2.05) is 0 Å². The van der Waals surface area contributed by atoms with Gasteiger partial charge in [0.15, 0.2) is 0 Å². The maximum Gasteiger partial charge on any atom is 0.138 e. The zero-order chi connectivity index (χ0) is 4.00. The van der Waals surface area contributed by atoms with Crippen LogP contribution in [0.3, 0.4) is 0 Å². The van der Waals surface area contributed by atoms with E-state index in [1.54, 1.807) is 9.12 Å². The van der Waals surface area contributed by atoms with Gasteiger partial charge in [-0.05, 0) is 7.05 Å². The lowest BCUT2D eigenvalue weighted by molar-refractivity contribution is 0.607. The van der Waals surface area contributed by atoms with Crippen LogP contribution in [0.4, 0.5) is 0 Å². The first kappa shape index (κ1) is 8.96. The minimum Gasteiger partial charge on any atom is -0.333 e. The fraction of sp³-hybridized carbons (Fsp3) is 1.00. The van der Waals surface area contributed by atoms with Gasteiger partial charge in [-0.25, -0.2) is 0 Å². The molecule has 0 aliphatic rings. The molecule has 0 aromatic rings. The molecule has 0 radical (unpaired) electrons. The van der Waals surface area contributed by atoms with Crippen LogP contribution in [0, 0.1) is 0 Å². The van der Waals surface area contributed by atoms with Gasteiger partial charge in [-0.15, -0.1) is 0 Å². The highest BCUT2D eigenvalue weighted by Gasteiger charge is 0.836. The van der Waals surface area contributed by atoms with Gasteiger partial charge in [0, 0.05) is 0 Å². The van der Waals surface area contributed by atoms with E-state index in [2.05, 4.69) is 5.73 Å². The Morgan fingerprint density at radius 1 is 1.50 bits per heavy atom. The summed E-state index contributed by atoms with van der Waals surface area (Å²) in [6.07, 6.45) is 0. The van der Waals surface area contributed by atoms with E-state index in [1.165, 1.54) is 7.05 Å². The molecular formula is CH6NOP. The molecule has 26 valence electrons. The SMILES string of the molecule is CN.O=P. The number of rotatable bonds is 0. The van der Waals surface area contributed by atoms with Crippen molar-refractivity contribution in [2.75, 3.05) is 7.05 Å². The molecule has 0 bridgehead atoms. The van der Waals surface area contributed by atoms with E-state index in [-0.39, 0.29) is 0 Å². The van der Waals surface area contributed by atoms with Crippen molar-refractivity contribution in [1.29, 1.82) is 0 Å². The highest BCUT2D eigenvalue weighted by molar-refractivity contribution is 7.00. The van der Waals surface area contributed by atoms with Crippen LogP contribution in [0.15, 0.2) is 0 Å². The van der Waals surface area contributed by atoms with Gasteiger partial charge in [0.25, 0.3) is 0 Å². The van der Waals surface area contributed by atoms with Crippen molar-refractivity contribution in [3.05, 3.63) is 0 Å². The van der Waals surface area contributed by atoms with Crippen molar-refractivity contribution in [3.63, 3.8) is 0 Å². The first-order chi connectivity index (χ1) is 2.00. The molecule has 0 saturated carbocycles. The van der Waals surface area contributed by atoms with Crippen LogP contribution in [0.25, 0.3) is 0 Å². The zero-order valence-corrected chi connectivity index (χ0v) is 3.49. The van der Waals surface area contributed by atoms with Crippen molar-refractivity contribution in [1.82, 2.24) is 0 Å². The smallest absolute Gasteiger partial charge is 0.138 e. The van der Waals surface area contributed by atoms with Crippen LogP contribution in [-0.2, 0) is 4.57 Å². The Morgan fingerprint density at radius 3 is 1.50 bits per heavy atom. The first-order valence-corrected chi connectivity index (χ1v) is 1.19. The third kappa shape index (κ3) is 643. The predicted molar refractivity (Wildman–Crippen MR) is 19.1 cm³/mol. The van der Waals surface area contributed by atoms with Crippen molar-refractivity contribution < 1.29 is 4.57 Å². The molecular weight excluding hydrogens is 73.0 g/mol. The molecule has 0 unspecified atom stereocenters. The minimum atomic E-state index is 1.50. The van der Waals surface area contributed by atoms with Gasteiger partial charge in [-0.1, -0.05) is 0 Å². The Bertz CT molecular complexity index is 8.00. The summed E-state index contributed by atoms with van der Waals surface area (Å²) in [5.74, 6) is 0. The predicted octanol–water partition coefficient (Wildman–Crippen LogP) is 0.0496. The van der Waals surface area contributed by atoms with Gasteiger partial charge in [-0.3, -0.25) is 4.57 Å². The summed E-state index contributed by atoms with van der Waals surface area (Å²) >= 11 is 0. The van der Waals surface area contributed by atoms with Gasteiger partial charge in [0.1, 0.15) is 9.12 Å². The van der Waals surface area contributed by atoms with Gasteiger partial charge in [0.2, 0.25) is 0 Å². The fourth-order valence-electron chi connectivity index (χ4n) is 0. The van der Waals surface area contributed by atoms with Crippen LogP contribution < -0.4 is 5.73 Å². The van der Waals surface area contributed by atoms with E-state index >= 15 is 0 Å². The Hall–Kier alpha value is 0.0600. The van der Waals surface area contributed by atoms with Crippen molar-refractivity contribution >= 4 is 9.12 Å². The molecule has 0 heterocycles. The Labute approximate surface area is 27.6 Å². The van der Waals surface area contributed by atoms with E-state index in [4.69, 9.17) is 4.57 Å². The highest BCUT2D eigenvalue weighted by Crippen LogP contribution is 1.23. The largest absolute Gasteiger partial charge is 0.333 e. The molecule has 0 fully saturated rings. The average molecular weight is 79.0 g/mol. The molecule has 3 heteroatoms. The summed E-state index contributed by atoms with van der Waals surface area (Å²) in [6.45, 7) is 0. The molecule has 0 aliphatic carbocycles. The lowest BCUT2D eigenvalue weighted by Gasteiger charge is -1.19. The Kier molecular flexibility index (Phi) is 8080. The maximum atomic E-state index is 8.06. The Balaban J connectivity index is 0. The summed E-state index contributed by atoms with van der Waals surface area (Å²) in [6, 6.07) is 0. The van der Waals surface area contributed by atoms with Crippen LogP contribution >= 0.6 is 9.12 Å². The summed E-state index contributed by atoms with van der Waals surface area (Å²) in [5.41, 5.74) is 4.50. The molecule has 0 spiro atoms. The van der Waals surface area contributed by atoms with E-state index in [0.29, 0.717) is 0 Å². The van der Waals surface area contributed by atoms with Crippen LogP contribution in [0.2, 0.25) is 0 Å².